The maximum Gasteiger partial charge on any atom is 0.408 e. The largest absolute Gasteiger partial charge is 0.480 e. The average Bonchev–Trinajstić information content (AvgIpc) is 3.79. The quantitative estimate of drug-likeness (QED) is 0.0775. The van der Waals surface area contributed by atoms with E-state index < -0.39 is 30.1 Å². The minimum Gasteiger partial charge on any atom is -0.480 e. The van der Waals surface area contributed by atoms with Crippen molar-refractivity contribution in [1.29, 1.82) is 0 Å². The number of nitrogens with zero attached hydrogens (tertiary/aromatic N) is 2. The van der Waals surface area contributed by atoms with Gasteiger partial charge in [0.15, 0.2) is 0 Å². The molecule has 16 heteroatoms. The first-order chi connectivity index (χ1) is 25.0. The second-order valence-corrected chi connectivity index (χ2v) is 13.7. The molecule has 0 spiro atoms. The molecule has 0 saturated heterocycles. The molecule has 4 heterocycles. The predicted molar refractivity (Wildman–Crippen MR) is 198 cm³/mol. The summed E-state index contributed by atoms with van der Waals surface area (Å²) in [5, 5.41) is 16.3. The molecule has 6 N–H and O–H groups in total. The molecule has 1 aromatic carbocycles. The highest BCUT2D eigenvalue weighted by Crippen LogP contribution is 2.27. The molecular weight excluding hydrogens is 709 g/mol. The van der Waals surface area contributed by atoms with Crippen LogP contribution in [0, 0.1) is 13.8 Å². The van der Waals surface area contributed by atoms with Crippen molar-refractivity contribution in [2.24, 2.45) is 5.73 Å². The summed E-state index contributed by atoms with van der Waals surface area (Å²) in [5.74, 6) is -2.47. The van der Waals surface area contributed by atoms with Crippen LogP contribution in [0.3, 0.4) is 0 Å². The van der Waals surface area contributed by atoms with E-state index in [-0.39, 0.29) is 38.1 Å². The van der Waals surface area contributed by atoms with Crippen molar-refractivity contribution in [3.8, 4) is 0 Å². The van der Waals surface area contributed by atoms with Gasteiger partial charge in [0.1, 0.15) is 18.7 Å². The second-order valence-electron chi connectivity index (χ2n) is 11.6. The number of unbranched alkanes of at least 4 members (excludes halogenated alkanes) is 1. The molecule has 52 heavy (non-hydrogen) atoms. The van der Waals surface area contributed by atoms with Crippen LogP contribution in [-0.2, 0) is 25.7 Å². The first-order valence-electron chi connectivity index (χ1n) is 16.4. The van der Waals surface area contributed by atoms with Crippen molar-refractivity contribution < 1.29 is 38.6 Å². The Morgan fingerprint density at radius 2 is 1.38 bits per heavy atom. The fourth-order valence-corrected chi connectivity index (χ4v) is 6.53. The van der Waals surface area contributed by atoms with Crippen LogP contribution in [0.1, 0.15) is 55.8 Å². The van der Waals surface area contributed by atoms with Crippen molar-refractivity contribution in [1.82, 2.24) is 25.9 Å². The van der Waals surface area contributed by atoms with Crippen LogP contribution in [0.25, 0.3) is 20.4 Å². The zero-order valence-electron chi connectivity index (χ0n) is 28.8. The molecule has 0 aliphatic heterocycles. The summed E-state index contributed by atoms with van der Waals surface area (Å²) in [4.78, 5) is 69.3. The molecule has 0 aliphatic rings. The number of esters is 1. The number of amides is 3. The van der Waals surface area contributed by atoms with E-state index in [4.69, 9.17) is 20.3 Å². The van der Waals surface area contributed by atoms with Crippen LogP contribution < -0.4 is 21.7 Å². The van der Waals surface area contributed by atoms with Gasteiger partial charge in [-0.15, -0.1) is 22.7 Å². The lowest BCUT2D eigenvalue weighted by Gasteiger charge is -2.18. The van der Waals surface area contributed by atoms with Crippen molar-refractivity contribution in [2.75, 3.05) is 19.7 Å². The van der Waals surface area contributed by atoms with Crippen molar-refractivity contribution in [3.05, 3.63) is 93.4 Å². The molecular formula is C36H40N6O8S2. The van der Waals surface area contributed by atoms with E-state index in [1.807, 2.05) is 63.2 Å². The number of nitrogens with two attached hydrogens (primary N) is 1. The molecule has 0 saturated carbocycles. The number of aliphatic carboxylic acids is 1. The van der Waals surface area contributed by atoms with Gasteiger partial charge in [-0.25, -0.2) is 9.59 Å². The highest BCUT2D eigenvalue weighted by Gasteiger charge is 2.25. The number of ether oxygens (including phenoxy) is 2. The molecule has 274 valence electrons. The number of nitrogens with one attached hydrogen (secondary N) is 3. The average molecular weight is 749 g/mol. The number of aromatic nitrogens is 2. The topological polar surface area (TPSA) is 212 Å². The maximum atomic E-state index is 12.7. The van der Waals surface area contributed by atoms with Crippen LogP contribution in [0.5, 0.6) is 0 Å². The van der Waals surface area contributed by atoms with Gasteiger partial charge in [0.05, 0.1) is 36.8 Å². The van der Waals surface area contributed by atoms with E-state index >= 15 is 0 Å². The number of hydrogen-bond acceptors (Lipinski definition) is 12. The third kappa shape index (κ3) is 11.3. The monoisotopic (exact) mass is 748 g/mol. The standard InChI is InChI=1S/C24H27N3O5S.C12H13N3O3S/c1-3-4-12-31-23(29)19(27-24(30)32-15-17-8-6-5-7-9-17)14-26-22(28)20-13-18-21(33-20)16(2)10-11-25-18;1-6-2-3-14-8-4-9(19-10(6)8)11(16)15-5-7(13)12(17)18/h5-11,13,19H,3-4,12,14-15H2,1-2H3,(H,26,28)(H,27,30);2-4,7H,5,13H2,1H3,(H,15,16)(H,17,18)/t19-;7-/m11/s1. The number of fused-ring (bicyclic) bond motifs is 2. The SMILES string of the molecule is CCCCOC(=O)[C@@H](CNC(=O)c1cc2nccc(C)c2s1)NC(=O)OCc1ccccc1.Cc1ccnc2cc(C(=O)NC[C@@H](N)C(=O)O)sc12. The third-order valence-electron chi connectivity index (χ3n) is 7.46. The number of carboxylic acids is 1. The molecule has 0 radical (unpaired) electrons. The van der Waals surface area contributed by atoms with Crippen LogP contribution in [-0.4, -0.2) is 76.7 Å². The summed E-state index contributed by atoms with van der Waals surface area (Å²) in [7, 11) is 0. The summed E-state index contributed by atoms with van der Waals surface area (Å²) in [6, 6.07) is 14.2. The number of alkyl carbamates (subject to hydrolysis) is 1. The molecule has 5 rings (SSSR count). The predicted octanol–water partition coefficient (Wildman–Crippen LogP) is 4.72. The first-order valence-corrected chi connectivity index (χ1v) is 18.0. The number of aryl methyl sites for hydroxylation is 2. The molecule has 14 nitrogen and oxygen atoms in total. The Labute approximate surface area is 307 Å². The highest BCUT2D eigenvalue weighted by atomic mass is 32.1. The fourth-order valence-electron chi connectivity index (χ4n) is 4.53. The van der Waals surface area contributed by atoms with E-state index in [9.17, 15) is 24.0 Å². The summed E-state index contributed by atoms with van der Waals surface area (Å²) in [6.07, 6.45) is 4.18. The third-order valence-corrected chi connectivity index (χ3v) is 9.98. The van der Waals surface area contributed by atoms with E-state index in [0.29, 0.717) is 16.2 Å². The summed E-state index contributed by atoms with van der Waals surface area (Å²) in [5.41, 5.74) is 9.72. The number of rotatable bonds is 14. The molecule has 0 fully saturated rings. The number of carbonyl (C=O) groups is 5. The minimum atomic E-state index is -1.14. The first kappa shape index (κ1) is 39.3. The zero-order chi connectivity index (χ0) is 37.6. The number of hydrogen-bond donors (Lipinski definition) is 5. The van der Waals surface area contributed by atoms with Gasteiger partial charge in [-0.2, -0.15) is 0 Å². The van der Waals surface area contributed by atoms with Gasteiger partial charge in [0.25, 0.3) is 11.8 Å². The number of thiophene rings is 2. The van der Waals surface area contributed by atoms with Gasteiger partial charge in [0, 0.05) is 25.5 Å². The molecule has 3 amide bonds. The van der Waals surface area contributed by atoms with Gasteiger partial charge < -0.3 is 36.3 Å². The zero-order valence-corrected chi connectivity index (χ0v) is 30.5. The number of carboxylic acid groups (broad SMARTS) is 1. The Hall–Kier alpha value is -5.45. The maximum absolute atomic E-state index is 12.7. The van der Waals surface area contributed by atoms with Gasteiger partial charge in [-0.3, -0.25) is 24.4 Å². The molecule has 4 aromatic heterocycles. The molecule has 0 bridgehead atoms. The van der Waals surface area contributed by atoms with Crippen molar-refractivity contribution in [2.45, 2.75) is 52.3 Å². The number of benzene rings is 1. The second kappa shape index (κ2) is 19.2. The van der Waals surface area contributed by atoms with Crippen molar-refractivity contribution >= 4 is 73.0 Å². The Balaban J connectivity index is 0.000000269. The van der Waals surface area contributed by atoms with E-state index in [0.717, 1.165) is 43.5 Å². The van der Waals surface area contributed by atoms with Crippen molar-refractivity contribution in [3.63, 3.8) is 0 Å². The van der Waals surface area contributed by atoms with Crippen LogP contribution in [0.15, 0.2) is 67.0 Å². The fraction of sp³-hybridized carbons (Fsp3) is 0.306. The molecule has 2 atom stereocenters. The summed E-state index contributed by atoms with van der Waals surface area (Å²) >= 11 is 2.66. The van der Waals surface area contributed by atoms with Crippen LogP contribution in [0.4, 0.5) is 4.79 Å². The van der Waals surface area contributed by atoms with Gasteiger partial charge in [-0.1, -0.05) is 43.7 Å². The van der Waals surface area contributed by atoms with Gasteiger partial charge in [-0.05, 0) is 61.2 Å². The van der Waals surface area contributed by atoms with E-state index in [2.05, 4.69) is 25.9 Å². The lowest BCUT2D eigenvalue weighted by atomic mass is 10.2. The molecule has 0 unspecified atom stereocenters. The van der Waals surface area contributed by atoms with Gasteiger partial charge >= 0.3 is 18.0 Å². The van der Waals surface area contributed by atoms with E-state index in [1.165, 1.54) is 22.7 Å². The number of carbonyl (C=O) groups excluding carboxylic acids is 4. The lowest BCUT2D eigenvalue weighted by Crippen LogP contribution is -2.49. The molecule has 5 aromatic rings. The van der Waals surface area contributed by atoms with Crippen LogP contribution in [0.2, 0.25) is 0 Å². The Morgan fingerprint density at radius 3 is 1.90 bits per heavy atom. The highest BCUT2D eigenvalue weighted by molar-refractivity contribution is 7.21. The lowest BCUT2D eigenvalue weighted by molar-refractivity contribution is -0.146. The van der Waals surface area contributed by atoms with Gasteiger partial charge in [0.2, 0.25) is 0 Å². The Morgan fingerprint density at radius 1 is 0.827 bits per heavy atom. The molecule has 0 aliphatic carbocycles. The summed E-state index contributed by atoms with van der Waals surface area (Å²) in [6.45, 7) is 5.94. The smallest absolute Gasteiger partial charge is 0.408 e. The normalized spacial score (nSPS) is 11.8. The van der Waals surface area contributed by atoms with E-state index in [1.54, 1.807) is 24.5 Å². The number of pyridine rings is 2. The Kier molecular flexibility index (Phi) is 14.6. The summed E-state index contributed by atoms with van der Waals surface area (Å²) < 4.78 is 12.3. The van der Waals surface area contributed by atoms with Crippen LogP contribution >= 0.6 is 22.7 Å². The minimum absolute atomic E-state index is 0.0603. The Bertz CT molecular complexity index is 2020.